The summed E-state index contributed by atoms with van der Waals surface area (Å²) in [5, 5.41) is 3.39. The van der Waals surface area contributed by atoms with Crippen molar-refractivity contribution >= 4 is 17.8 Å². The molecule has 1 N–H and O–H groups in total. The van der Waals surface area contributed by atoms with Gasteiger partial charge >= 0.3 is 11.9 Å². The highest BCUT2D eigenvalue weighted by Crippen LogP contribution is 2.25. The molecule has 0 aromatic carbocycles. The first-order chi connectivity index (χ1) is 13.6. The van der Waals surface area contributed by atoms with Crippen molar-refractivity contribution in [3.05, 3.63) is 23.4 Å². The Hall–Kier alpha value is -2.15. The summed E-state index contributed by atoms with van der Waals surface area (Å²) in [7, 11) is 0. The summed E-state index contributed by atoms with van der Waals surface area (Å²) in [5.41, 5.74) is 2.41. The van der Waals surface area contributed by atoms with E-state index in [1.165, 1.54) is 5.56 Å². The van der Waals surface area contributed by atoms with Crippen LogP contribution in [0.2, 0.25) is 0 Å². The van der Waals surface area contributed by atoms with Gasteiger partial charge in [-0.25, -0.2) is 14.6 Å². The molecule has 1 saturated heterocycles. The zero-order valence-corrected chi connectivity index (χ0v) is 16.9. The number of hydrogen-bond acceptors (Lipinski definition) is 7. The first-order valence-corrected chi connectivity index (χ1v) is 10.4. The Bertz CT molecular complexity index is 668. The Labute approximate surface area is 166 Å². The van der Waals surface area contributed by atoms with E-state index in [1.807, 2.05) is 4.90 Å². The number of hydrogen-bond donors (Lipinski definition) is 1. The normalized spacial score (nSPS) is 17.7. The van der Waals surface area contributed by atoms with E-state index in [9.17, 15) is 9.59 Å². The molecule has 0 spiro atoms. The van der Waals surface area contributed by atoms with E-state index in [4.69, 9.17) is 14.5 Å². The van der Waals surface area contributed by atoms with Crippen molar-refractivity contribution in [2.45, 2.75) is 52.0 Å². The number of esters is 2. The molecular weight excluding hydrogens is 358 g/mol. The maximum Gasteiger partial charge on any atom is 0.335 e. The lowest BCUT2D eigenvalue weighted by Crippen LogP contribution is -2.51. The summed E-state index contributed by atoms with van der Waals surface area (Å²) in [6, 6.07) is 3.38. The Morgan fingerprint density at radius 3 is 2.50 bits per heavy atom. The van der Waals surface area contributed by atoms with Crippen molar-refractivity contribution in [3.8, 4) is 0 Å². The molecule has 0 atom stereocenters. The minimum atomic E-state index is -0.952. The summed E-state index contributed by atoms with van der Waals surface area (Å²) >= 11 is 0. The highest BCUT2D eigenvalue weighted by atomic mass is 16.6. The highest BCUT2D eigenvalue weighted by Gasteiger charge is 2.37. The second-order valence-electron chi connectivity index (χ2n) is 7.43. The predicted molar refractivity (Wildman–Crippen MR) is 106 cm³/mol. The number of piperidine rings is 1. The number of aromatic nitrogens is 1. The molecule has 0 unspecified atom stereocenters. The number of nitrogens with zero attached hydrogens (tertiary/aromatic N) is 2. The summed E-state index contributed by atoms with van der Waals surface area (Å²) in [5.74, 6) is 0.505. The third-order valence-electron chi connectivity index (χ3n) is 5.48. The van der Waals surface area contributed by atoms with Crippen LogP contribution in [0.15, 0.2) is 12.1 Å². The molecule has 0 bridgehead atoms. The predicted octanol–water partition coefficient (Wildman–Crippen LogP) is 2.19. The number of rotatable bonds is 7. The van der Waals surface area contributed by atoms with Gasteiger partial charge in [0.15, 0.2) is 0 Å². The van der Waals surface area contributed by atoms with E-state index in [2.05, 4.69) is 17.4 Å². The zero-order valence-electron chi connectivity index (χ0n) is 16.9. The number of nitrogens with one attached hydrogen (secondary N) is 1. The maximum absolute atomic E-state index is 12.3. The molecule has 1 aromatic heterocycles. The topological polar surface area (TPSA) is 80.8 Å². The number of pyridine rings is 1. The molecule has 0 radical (unpaired) electrons. The molecule has 0 saturated carbocycles. The first-order valence-electron chi connectivity index (χ1n) is 10.4. The molecule has 28 heavy (non-hydrogen) atoms. The number of anilines is 1. The largest absolute Gasteiger partial charge is 0.464 e. The molecule has 1 aromatic rings. The molecule has 0 amide bonds. The average Bonchev–Trinajstić information content (AvgIpc) is 2.70. The number of ether oxygens (including phenoxy) is 2. The summed E-state index contributed by atoms with van der Waals surface area (Å²) in [6.07, 6.45) is 5.01. The molecule has 2 aliphatic heterocycles. The van der Waals surface area contributed by atoms with Gasteiger partial charge in [0.1, 0.15) is 5.82 Å². The highest BCUT2D eigenvalue weighted by molar-refractivity contribution is 5.99. The van der Waals surface area contributed by atoms with E-state index >= 15 is 0 Å². The van der Waals surface area contributed by atoms with Crippen molar-refractivity contribution < 1.29 is 19.1 Å². The van der Waals surface area contributed by atoms with Crippen molar-refractivity contribution in [3.63, 3.8) is 0 Å². The quantitative estimate of drug-likeness (QED) is 0.565. The van der Waals surface area contributed by atoms with Crippen molar-refractivity contribution in [2.75, 3.05) is 38.2 Å². The van der Waals surface area contributed by atoms with Gasteiger partial charge < -0.3 is 14.8 Å². The lowest BCUT2D eigenvalue weighted by atomic mass is 9.91. The van der Waals surface area contributed by atoms with Gasteiger partial charge in [0.25, 0.3) is 0 Å². The monoisotopic (exact) mass is 389 g/mol. The molecule has 154 valence electrons. The average molecular weight is 389 g/mol. The second-order valence-corrected chi connectivity index (χ2v) is 7.43. The Morgan fingerprint density at radius 2 is 1.86 bits per heavy atom. The molecule has 3 rings (SSSR count). The fraction of sp³-hybridized carbons (Fsp3) is 0.667. The molecule has 2 aliphatic rings. The maximum atomic E-state index is 12.3. The smallest absolute Gasteiger partial charge is 0.335 e. The van der Waals surface area contributed by atoms with Crippen LogP contribution >= 0.6 is 0 Å². The van der Waals surface area contributed by atoms with Crippen LogP contribution < -0.4 is 5.32 Å². The number of carbonyl (C=O) groups excluding carboxylic acids is 2. The van der Waals surface area contributed by atoms with Crippen molar-refractivity contribution in [1.29, 1.82) is 0 Å². The van der Waals surface area contributed by atoms with E-state index in [-0.39, 0.29) is 13.2 Å². The molecule has 7 nitrogen and oxygen atoms in total. The Morgan fingerprint density at radius 1 is 1.18 bits per heavy atom. The lowest BCUT2D eigenvalue weighted by Gasteiger charge is -2.35. The van der Waals surface area contributed by atoms with Gasteiger partial charge in [0, 0.05) is 12.2 Å². The first kappa shape index (κ1) is 20.6. The second kappa shape index (κ2) is 9.87. The van der Waals surface area contributed by atoms with Gasteiger partial charge in [0.2, 0.25) is 6.04 Å². The third-order valence-corrected chi connectivity index (χ3v) is 5.48. The SMILES string of the molecule is CCOC(=O)C(C(=O)OCC)N1CCC(Cc2ccc3c(n2)NCCC3)CC1. The van der Waals surface area contributed by atoms with Gasteiger partial charge in [-0.2, -0.15) is 0 Å². The van der Waals surface area contributed by atoms with E-state index < -0.39 is 18.0 Å². The Balaban J connectivity index is 1.58. The molecular formula is C21H31N3O4. The van der Waals surface area contributed by atoms with Crippen LogP contribution in [-0.4, -0.2) is 60.7 Å². The minimum Gasteiger partial charge on any atom is -0.464 e. The van der Waals surface area contributed by atoms with Crippen LogP contribution in [0.25, 0.3) is 0 Å². The number of aryl methyl sites for hydroxylation is 1. The number of fused-ring (bicyclic) bond motifs is 1. The van der Waals surface area contributed by atoms with Gasteiger partial charge in [-0.1, -0.05) is 6.07 Å². The third kappa shape index (κ3) is 5.01. The summed E-state index contributed by atoms with van der Waals surface area (Å²) < 4.78 is 10.2. The summed E-state index contributed by atoms with van der Waals surface area (Å²) in [6.45, 7) is 6.34. The van der Waals surface area contributed by atoms with E-state index in [0.29, 0.717) is 19.0 Å². The van der Waals surface area contributed by atoms with Gasteiger partial charge in [0.05, 0.1) is 13.2 Å². The van der Waals surface area contributed by atoms with Crippen LogP contribution in [-0.2, 0) is 31.9 Å². The van der Waals surface area contributed by atoms with Gasteiger partial charge in [-0.05, 0) is 76.6 Å². The van der Waals surface area contributed by atoms with E-state index in [0.717, 1.165) is 50.2 Å². The lowest BCUT2D eigenvalue weighted by molar-refractivity contribution is -0.164. The van der Waals surface area contributed by atoms with Crippen LogP contribution in [0.3, 0.4) is 0 Å². The number of likely N-dealkylation sites (tertiary alicyclic amines) is 1. The minimum absolute atomic E-state index is 0.253. The van der Waals surface area contributed by atoms with Crippen LogP contribution in [0.5, 0.6) is 0 Å². The van der Waals surface area contributed by atoms with Crippen LogP contribution in [0.4, 0.5) is 5.82 Å². The van der Waals surface area contributed by atoms with Crippen LogP contribution in [0.1, 0.15) is 44.4 Å². The van der Waals surface area contributed by atoms with Gasteiger partial charge in [-0.15, -0.1) is 0 Å². The fourth-order valence-corrected chi connectivity index (χ4v) is 4.03. The molecule has 0 aliphatic carbocycles. The Kier molecular flexibility index (Phi) is 7.25. The standard InChI is InChI=1S/C21H31N3O4/c1-3-27-20(25)18(21(26)28-4-2)24-12-9-15(10-13-24)14-17-8-7-16-6-5-11-22-19(16)23-17/h7-8,15,18H,3-6,9-14H2,1-2H3,(H,22,23). The van der Waals surface area contributed by atoms with Gasteiger partial charge in [-0.3, -0.25) is 4.90 Å². The molecule has 7 heteroatoms. The number of carbonyl (C=O) groups is 2. The fourth-order valence-electron chi connectivity index (χ4n) is 4.03. The van der Waals surface area contributed by atoms with Crippen LogP contribution in [0, 0.1) is 5.92 Å². The van der Waals surface area contributed by atoms with Crippen molar-refractivity contribution in [1.82, 2.24) is 9.88 Å². The molecule has 3 heterocycles. The molecule has 1 fully saturated rings. The zero-order chi connectivity index (χ0) is 19.9. The summed E-state index contributed by atoms with van der Waals surface area (Å²) in [4.78, 5) is 31.3. The van der Waals surface area contributed by atoms with Crippen molar-refractivity contribution in [2.24, 2.45) is 5.92 Å². The van der Waals surface area contributed by atoms with E-state index in [1.54, 1.807) is 13.8 Å².